The Bertz CT molecular complexity index is 1180. The van der Waals surface area contributed by atoms with Crippen LogP contribution >= 0.6 is 22.9 Å². The fourth-order valence-electron chi connectivity index (χ4n) is 4.80. The van der Waals surface area contributed by atoms with Gasteiger partial charge in [0, 0.05) is 29.7 Å². The maximum Gasteiger partial charge on any atom is 0.279 e. The molecule has 31 heavy (non-hydrogen) atoms. The van der Waals surface area contributed by atoms with Crippen molar-refractivity contribution in [3.63, 3.8) is 0 Å². The lowest BCUT2D eigenvalue weighted by Gasteiger charge is -2.37. The number of fused-ring (bicyclic) bond motifs is 3. The Balaban J connectivity index is 1.17. The Morgan fingerprint density at radius 2 is 1.87 bits per heavy atom. The number of benzene rings is 2. The first-order valence-corrected chi connectivity index (χ1v) is 13.4. The van der Waals surface area contributed by atoms with Crippen molar-refractivity contribution < 1.29 is 13.2 Å². The summed E-state index contributed by atoms with van der Waals surface area (Å²) in [4.78, 5) is 4.49. The molecule has 3 heterocycles. The number of piperidine rings is 1. The van der Waals surface area contributed by atoms with E-state index in [1.54, 1.807) is 4.31 Å². The summed E-state index contributed by atoms with van der Waals surface area (Å²) in [7, 11) is -3.11. The molecule has 0 amide bonds. The zero-order chi connectivity index (χ0) is 21.6. The number of nitrogens with one attached hydrogen (secondary N) is 1. The highest BCUT2D eigenvalue weighted by atomic mass is 35.5. The van der Waals surface area contributed by atoms with Crippen LogP contribution < -0.4 is 10.1 Å². The van der Waals surface area contributed by atoms with Crippen LogP contribution in [0.15, 0.2) is 42.5 Å². The largest absolute Gasteiger partial charge is 0.431 e. The van der Waals surface area contributed by atoms with Crippen LogP contribution in [0.3, 0.4) is 0 Å². The maximum atomic E-state index is 12.0. The van der Waals surface area contributed by atoms with Crippen LogP contribution in [-0.2, 0) is 16.6 Å². The zero-order valence-corrected chi connectivity index (χ0v) is 19.5. The van der Waals surface area contributed by atoms with Crippen LogP contribution in [0.1, 0.15) is 31.2 Å². The van der Waals surface area contributed by atoms with Crippen molar-refractivity contribution in [1.82, 2.24) is 14.6 Å². The first kappa shape index (κ1) is 21.2. The molecule has 1 N–H and O–H groups in total. The van der Waals surface area contributed by atoms with Gasteiger partial charge < -0.3 is 10.1 Å². The van der Waals surface area contributed by atoms with Crippen LogP contribution in [-0.4, -0.2) is 42.1 Å². The van der Waals surface area contributed by atoms with E-state index in [1.807, 2.05) is 42.5 Å². The highest BCUT2D eigenvalue weighted by Crippen LogP contribution is 2.37. The number of thiazole rings is 1. The maximum absolute atomic E-state index is 12.0. The van der Waals surface area contributed by atoms with Gasteiger partial charge in [0.25, 0.3) is 5.19 Å². The van der Waals surface area contributed by atoms with Crippen molar-refractivity contribution in [1.29, 1.82) is 0 Å². The van der Waals surface area contributed by atoms with Gasteiger partial charge in [0.15, 0.2) is 0 Å². The average molecular weight is 478 g/mol. The van der Waals surface area contributed by atoms with E-state index in [0.29, 0.717) is 16.3 Å². The van der Waals surface area contributed by atoms with E-state index in [4.69, 9.17) is 16.3 Å². The second-order valence-corrected chi connectivity index (χ2v) is 11.7. The van der Waals surface area contributed by atoms with Crippen molar-refractivity contribution in [3.8, 4) is 10.9 Å². The molecule has 0 aliphatic carbocycles. The van der Waals surface area contributed by atoms with Crippen LogP contribution in [0, 0.1) is 0 Å². The predicted octanol–water partition coefficient (Wildman–Crippen LogP) is 4.79. The molecule has 2 aliphatic heterocycles. The van der Waals surface area contributed by atoms with E-state index in [1.165, 1.54) is 23.2 Å². The van der Waals surface area contributed by atoms with Gasteiger partial charge in [-0.25, -0.2) is 13.4 Å². The van der Waals surface area contributed by atoms with Gasteiger partial charge in [-0.1, -0.05) is 35.1 Å². The summed E-state index contributed by atoms with van der Waals surface area (Å²) >= 11 is 7.51. The van der Waals surface area contributed by atoms with Gasteiger partial charge in [-0.05, 0) is 61.6 Å². The smallest absolute Gasteiger partial charge is 0.279 e. The molecule has 0 saturated carbocycles. The first-order valence-electron chi connectivity index (χ1n) is 10.4. The van der Waals surface area contributed by atoms with Crippen LogP contribution in [0.2, 0.25) is 5.02 Å². The van der Waals surface area contributed by atoms with Gasteiger partial charge in [0.05, 0.1) is 16.5 Å². The van der Waals surface area contributed by atoms with Crippen LogP contribution in [0.25, 0.3) is 10.2 Å². The van der Waals surface area contributed by atoms with Gasteiger partial charge in [-0.2, -0.15) is 4.31 Å². The number of aromatic nitrogens is 1. The molecular formula is C22H24ClN3O3S2. The third-order valence-electron chi connectivity index (χ3n) is 6.10. The number of hydrogen-bond acceptors (Lipinski definition) is 6. The summed E-state index contributed by atoms with van der Waals surface area (Å²) in [6, 6.07) is 14.2. The lowest BCUT2D eigenvalue weighted by molar-refractivity contribution is 0.207. The van der Waals surface area contributed by atoms with E-state index < -0.39 is 10.0 Å². The molecule has 0 radical (unpaired) electrons. The quantitative estimate of drug-likeness (QED) is 0.552. The Hall–Kier alpha value is -1.71. The Morgan fingerprint density at radius 1 is 1.16 bits per heavy atom. The summed E-state index contributed by atoms with van der Waals surface area (Å²) in [6.45, 7) is 0.753. The fourth-order valence-corrected chi connectivity index (χ4v) is 7.38. The van der Waals surface area contributed by atoms with E-state index >= 15 is 0 Å². The molecule has 3 atom stereocenters. The predicted molar refractivity (Wildman–Crippen MR) is 125 cm³/mol. The number of hydrogen-bond donors (Lipinski definition) is 1. The molecule has 1 unspecified atom stereocenters. The van der Waals surface area contributed by atoms with Crippen LogP contribution in [0.4, 0.5) is 0 Å². The molecule has 3 aromatic rings. The molecule has 2 aromatic carbocycles. The molecule has 6 nitrogen and oxygen atoms in total. The molecule has 2 bridgehead atoms. The van der Waals surface area contributed by atoms with Crippen LogP contribution in [0.5, 0.6) is 10.9 Å². The number of nitrogens with zero attached hydrogens (tertiary/aromatic N) is 2. The molecule has 164 valence electrons. The van der Waals surface area contributed by atoms with Gasteiger partial charge in [0.2, 0.25) is 10.0 Å². The number of rotatable bonds is 6. The molecular weight excluding hydrogens is 454 g/mol. The van der Waals surface area contributed by atoms with Gasteiger partial charge in [-0.15, -0.1) is 0 Å². The van der Waals surface area contributed by atoms with E-state index in [0.717, 1.165) is 48.2 Å². The summed E-state index contributed by atoms with van der Waals surface area (Å²) in [5.41, 5.74) is 2.04. The van der Waals surface area contributed by atoms with E-state index in [2.05, 4.69) is 10.3 Å². The van der Waals surface area contributed by atoms with Crippen molar-refractivity contribution in [2.45, 2.75) is 50.4 Å². The third-order valence-corrected chi connectivity index (χ3v) is 8.60. The molecule has 5 rings (SSSR count). The second kappa shape index (κ2) is 8.33. The van der Waals surface area contributed by atoms with Crippen molar-refractivity contribution >= 4 is 43.2 Å². The lowest BCUT2D eigenvalue weighted by atomic mass is 9.99. The Labute approximate surface area is 191 Å². The second-order valence-electron chi connectivity index (χ2n) is 8.36. The molecule has 1 aromatic heterocycles. The Kier molecular flexibility index (Phi) is 5.68. The molecule has 2 aliphatic rings. The standard InChI is InChI=1S/C22H24ClN3O3S2/c1-31(27,28)26-17-5-6-18(26)12-16(11-17)24-13-14-2-7-19(8-3-14)29-22-25-20-9-4-15(23)10-21(20)30-22/h2-4,7-10,16-18,24H,5-6,11-13H2,1H3/t16?,17-,18+. The minimum absolute atomic E-state index is 0.144. The average Bonchev–Trinajstić information content (AvgIpc) is 3.24. The monoisotopic (exact) mass is 477 g/mol. The summed E-state index contributed by atoms with van der Waals surface area (Å²) in [5, 5.41) is 4.90. The first-order chi connectivity index (χ1) is 14.8. The minimum Gasteiger partial charge on any atom is -0.431 e. The SMILES string of the molecule is CS(=O)(=O)N1[C@@H]2CC[C@H]1CC(NCc1ccc(Oc3nc4ccc(Cl)cc4s3)cc1)C2. The van der Waals surface area contributed by atoms with Crippen molar-refractivity contribution in [2.24, 2.45) is 0 Å². The van der Waals surface area contributed by atoms with E-state index in [-0.39, 0.29) is 12.1 Å². The highest BCUT2D eigenvalue weighted by molar-refractivity contribution is 7.88. The van der Waals surface area contributed by atoms with E-state index in [9.17, 15) is 8.42 Å². The van der Waals surface area contributed by atoms with Crippen molar-refractivity contribution in [3.05, 3.63) is 53.1 Å². The molecule has 2 fully saturated rings. The minimum atomic E-state index is -3.11. The highest BCUT2D eigenvalue weighted by Gasteiger charge is 2.44. The van der Waals surface area contributed by atoms with Gasteiger partial charge in [-0.3, -0.25) is 0 Å². The summed E-state index contributed by atoms with van der Waals surface area (Å²) in [5.74, 6) is 0.744. The molecule has 0 spiro atoms. The number of sulfonamides is 1. The normalized spacial score (nSPS) is 24.0. The molecule has 2 saturated heterocycles. The topological polar surface area (TPSA) is 71.5 Å². The zero-order valence-electron chi connectivity index (χ0n) is 17.1. The van der Waals surface area contributed by atoms with Gasteiger partial charge in [0.1, 0.15) is 5.75 Å². The lowest BCUT2D eigenvalue weighted by Crippen LogP contribution is -2.50. The third kappa shape index (κ3) is 4.59. The summed E-state index contributed by atoms with van der Waals surface area (Å²) < 4.78 is 32.7. The van der Waals surface area contributed by atoms with Crippen molar-refractivity contribution in [2.75, 3.05) is 6.26 Å². The fraction of sp³-hybridized carbons (Fsp3) is 0.409. The molecule has 9 heteroatoms. The van der Waals surface area contributed by atoms with Gasteiger partial charge >= 0.3 is 0 Å². The number of halogens is 1. The Morgan fingerprint density at radius 3 is 2.55 bits per heavy atom. The summed E-state index contributed by atoms with van der Waals surface area (Å²) in [6.07, 6.45) is 5.04. The number of ether oxygens (including phenoxy) is 1.